The maximum atomic E-state index is 5.22. The molecule has 3 heterocycles. The standard InChI is InChI=1S/C47H31N5/c1-3-13-34(14-4-1)41-31-42(49-46(48-41)36-15-5-2-6-16-36)35-25-23-32(24-26-35)33-27-29-37(30-28-33)51-43-20-10-7-17-38(43)39-18-8-11-21-44(39)52-45-22-12-9-19-40(45)50-47(51)52/h1-31H. The van der Waals surface area contributed by atoms with Gasteiger partial charge in [-0.05, 0) is 53.6 Å². The molecular weight excluding hydrogens is 635 g/mol. The lowest BCUT2D eigenvalue weighted by Gasteiger charge is -2.24. The van der Waals surface area contributed by atoms with Crippen LogP contribution >= 0.6 is 0 Å². The van der Waals surface area contributed by atoms with Crippen LogP contribution in [-0.2, 0) is 0 Å². The first-order valence-electron chi connectivity index (χ1n) is 17.5. The Bertz CT molecular complexity index is 2660. The van der Waals surface area contributed by atoms with Gasteiger partial charge in [0.05, 0.1) is 33.8 Å². The van der Waals surface area contributed by atoms with Gasteiger partial charge in [-0.15, -0.1) is 0 Å². The van der Waals surface area contributed by atoms with Crippen LogP contribution in [0.4, 0.5) is 17.3 Å². The van der Waals surface area contributed by atoms with E-state index in [9.17, 15) is 0 Å². The number of fused-ring (bicyclic) bond motifs is 7. The minimum Gasteiger partial charge on any atom is -0.280 e. The first-order chi connectivity index (χ1) is 25.8. The van der Waals surface area contributed by atoms with Crippen molar-refractivity contribution in [3.05, 3.63) is 188 Å². The lowest BCUT2D eigenvalue weighted by Crippen LogP contribution is -2.14. The molecule has 0 saturated heterocycles. The van der Waals surface area contributed by atoms with Crippen LogP contribution in [0.3, 0.4) is 0 Å². The monoisotopic (exact) mass is 665 g/mol. The number of rotatable bonds is 5. The Hall–Kier alpha value is -7.11. The summed E-state index contributed by atoms with van der Waals surface area (Å²) in [4.78, 5) is 17.5. The molecule has 7 aromatic carbocycles. The fraction of sp³-hybridized carbons (Fsp3) is 0. The average molecular weight is 666 g/mol. The lowest BCUT2D eigenvalue weighted by molar-refractivity contribution is 1.05. The van der Waals surface area contributed by atoms with E-state index in [4.69, 9.17) is 15.0 Å². The number of nitrogens with zero attached hydrogens (tertiary/aromatic N) is 5. The predicted octanol–water partition coefficient (Wildman–Crippen LogP) is 11.9. The van der Waals surface area contributed by atoms with Crippen molar-refractivity contribution in [3.63, 3.8) is 0 Å². The van der Waals surface area contributed by atoms with Crippen molar-refractivity contribution >= 4 is 28.4 Å². The smallest absolute Gasteiger partial charge is 0.220 e. The molecule has 0 amide bonds. The number of para-hydroxylation sites is 4. The van der Waals surface area contributed by atoms with Crippen molar-refractivity contribution in [2.45, 2.75) is 0 Å². The van der Waals surface area contributed by atoms with Crippen LogP contribution in [0.15, 0.2) is 188 Å². The van der Waals surface area contributed by atoms with Crippen molar-refractivity contribution < 1.29 is 0 Å². The number of benzene rings is 7. The summed E-state index contributed by atoms with van der Waals surface area (Å²) >= 11 is 0. The van der Waals surface area contributed by atoms with Crippen LogP contribution in [0.2, 0.25) is 0 Å². The summed E-state index contributed by atoms with van der Waals surface area (Å²) in [6.07, 6.45) is 0. The minimum atomic E-state index is 0.711. The molecular formula is C47H31N5. The Balaban J connectivity index is 1.03. The van der Waals surface area contributed by atoms with Gasteiger partial charge in [-0.3, -0.25) is 9.47 Å². The maximum absolute atomic E-state index is 5.22. The summed E-state index contributed by atoms with van der Waals surface area (Å²) in [7, 11) is 0. The van der Waals surface area contributed by atoms with E-state index < -0.39 is 0 Å². The molecule has 9 aromatic rings. The molecule has 0 bridgehead atoms. The van der Waals surface area contributed by atoms with Gasteiger partial charge in [0.25, 0.3) is 0 Å². The predicted molar refractivity (Wildman–Crippen MR) is 212 cm³/mol. The summed E-state index contributed by atoms with van der Waals surface area (Å²) in [5.74, 6) is 1.58. The van der Waals surface area contributed by atoms with Crippen LogP contribution in [0, 0.1) is 0 Å². The summed E-state index contributed by atoms with van der Waals surface area (Å²) in [5.41, 5.74) is 14.8. The first-order valence-corrected chi connectivity index (χ1v) is 17.5. The third-order valence-electron chi connectivity index (χ3n) is 9.79. The number of hydrogen-bond acceptors (Lipinski definition) is 4. The highest BCUT2D eigenvalue weighted by Gasteiger charge is 2.28. The van der Waals surface area contributed by atoms with E-state index in [0.29, 0.717) is 5.82 Å². The molecule has 244 valence electrons. The summed E-state index contributed by atoms with van der Waals surface area (Å²) in [5, 5.41) is 0. The molecule has 1 aliphatic rings. The van der Waals surface area contributed by atoms with E-state index in [-0.39, 0.29) is 0 Å². The second-order valence-corrected chi connectivity index (χ2v) is 12.9. The van der Waals surface area contributed by atoms with Gasteiger partial charge in [0.15, 0.2) is 5.82 Å². The zero-order valence-corrected chi connectivity index (χ0v) is 28.1. The van der Waals surface area contributed by atoms with Gasteiger partial charge in [0.2, 0.25) is 5.95 Å². The Morgan fingerprint density at radius 3 is 1.56 bits per heavy atom. The molecule has 0 fully saturated rings. The van der Waals surface area contributed by atoms with E-state index in [2.05, 4.69) is 161 Å². The quantitative estimate of drug-likeness (QED) is 0.184. The van der Waals surface area contributed by atoms with Crippen molar-refractivity contribution in [2.75, 3.05) is 4.90 Å². The molecule has 0 atom stereocenters. The van der Waals surface area contributed by atoms with E-state index in [1.165, 1.54) is 11.1 Å². The molecule has 0 aliphatic carbocycles. The molecule has 52 heavy (non-hydrogen) atoms. The van der Waals surface area contributed by atoms with Gasteiger partial charge in [0, 0.05) is 33.5 Å². The topological polar surface area (TPSA) is 46.8 Å². The molecule has 2 aromatic heterocycles. The maximum Gasteiger partial charge on any atom is 0.220 e. The minimum absolute atomic E-state index is 0.711. The van der Waals surface area contributed by atoms with E-state index >= 15 is 0 Å². The Morgan fingerprint density at radius 1 is 0.365 bits per heavy atom. The summed E-state index contributed by atoms with van der Waals surface area (Å²) < 4.78 is 2.29. The van der Waals surface area contributed by atoms with Crippen molar-refractivity contribution in [1.82, 2.24) is 19.5 Å². The van der Waals surface area contributed by atoms with Crippen molar-refractivity contribution in [2.24, 2.45) is 0 Å². The fourth-order valence-corrected chi connectivity index (χ4v) is 7.26. The molecule has 1 aliphatic heterocycles. The second-order valence-electron chi connectivity index (χ2n) is 12.9. The molecule has 0 unspecified atom stereocenters. The van der Waals surface area contributed by atoms with E-state index in [1.54, 1.807) is 0 Å². The molecule has 0 spiro atoms. The van der Waals surface area contributed by atoms with Gasteiger partial charge in [-0.1, -0.05) is 146 Å². The normalized spacial score (nSPS) is 11.8. The Kier molecular flexibility index (Phi) is 7.07. The summed E-state index contributed by atoms with van der Waals surface area (Å²) in [6.45, 7) is 0. The van der Waals surface area contributed by atoms with Gasteiger partial charge >= 0.3 is 0 Å². The van der Waals surface area contributed by atoms with Crippen molar-refractivity contribution in [3.8, 4) is 61.8 Å². The van der Waals surface area contributed by atoms with Gasteiger partial charge in [0.1, 0.15) is 0 Å². The van der Waals surface area contributed by atoms with Gasteiger partial charge < -0.3 is 0 Å². The molecule has 5 nitrogen and oxygen atoms in total. The first kappa shape index (κ1) is 29.8. The highest BCUT2D eigenvalue weighted by Crippen LogP contribution is 2.47. The van der Waals surface area contributed by atoms with E-state index in [0.717, 1.165) is 73.2 Å². The highest BCUT2D eigenvalue weighted by molar-refractivity contribution is 5.96. The van der Waals surface area contributed by atoms with Crippen LogP contribution in [0.5, 0.6) is 0 Å². The van der Waals surface area contributed by atoms with Gasteiger partial charge in [-0.2, -0.15) is 0 Å². The Labute approximate surface area is 301 Å². The SMILES string of the molecule is c1ccc(-c2cc(-c3ccc(-c4ccc(N5c6ccccc6-c6ccccc6-n6c5nc5ccccc56)cc4)cc3)nc(-c3ccccc3)n2)cc1. The number of imidazole rings is 1. The largest absolute Gasteiger partial charge is 0.280 e. The van der Waals surface area contributed by atoms with Crippen molar-refractivity contribution in [1.29, 1.82) is 0 Å². The fourth-order valence-electron chi connectivity index (χ4n) is 7.26. The number of anilines is 3. The van der Waals surface area contributed by atoms with Crippen LogP contribution in [-0.4, -0.2) is 19.5 Å². The molecule has 0 radical (unpaired) electrons. The summed E-state index contributed by atoms with van der Waals surface area (Å²) in [6, 6.07) is 65.6. The Morgan fingerprint density at radius 2 is 0.865 bits per heavy atom. The zero-order chi connectivity index (χ0) is 34.4. The van der Waals surface area contributed by atoms with Crippen LogP contribution in [0.25, 0.3) is 72.9 Å². The second kappa shape index (κ2) is 12.3. The molecule has 10 rings (SSSR count). The third-order valence-corrected chi connectivity index (χ3v) is 9.79. The average Bonchev–Trinajstić information content (AvgIpc) is 3.55. The highest BCUT2D eigenvalue weighted by atomic mass is 15.3. The molecule has 0 saturated carbocycles. The lowest BCUT2D eigenvalue weighted by atomic mass is 10.00. The molecule has 0 N–H and O–H groups in total. The van der Waals surface area contributed by atoms with Crippen LogP contribution < -0.4 is 4.90 Å². The van der Waals surface area contributed by atoms with E-state index in [1.807, 2.05) is 36.4 Å². The number of aromatic nitrogens is 4. The zero-order valence-electron chi connectivity index (χ0n) is 28.1. The number of hydrogen-bond donors (Lipinski definition) is 0. The molecule has 5 heteroatoms. The third kappa shape index (κ3) is 5.07. The van der Waals surface area contributed by atoms with Crippen LogP contribution in [0.1, 0.15) is 0 Å². The van der Waals surface area contributed by atoms with Gasteiger partial charge in [-0.25, -0.2) is 15.0 Å².